The van der Waals surface area contributed by atoms with Crippen molar-refractivity contribution in [1.82, 2.24) is 10.2 Å². The second kappa shape index (κ2) is 8.19. The van der Waals surface area contributed by atoms with Gasteiger partial charge in [0.15, 0.2) is 0 Å². The van der Waals surface area contributed by atoms with E-state index in [1.54, 1.807) is 18.2 Å². The third-order valence-corrected chi connectivity index (χ3v) is 5.30. The van der Waals surface area contributed by atoms with Crippen LogP contribution in [0.5, 0.6) is 0 Å². The molecule has 0 aliphatic heterocycles. The number of benzene rings is 1. The molecular weight excluding hydrogens is 351 g/mol. The van der Waals surface area contributed by atoms with E-state index in [1.165, 1.54) is 0 Å². The van der Waals surface area contributed by atoms with E-state index in [9.17, 15) is 9.59 Å². The average molecular weight is 373 g/mol. The summed E-state index contributed by atoms with van der Waals surface area (Å²) in [6.07, 6.45) is 1.56. The fraction of sp³-hybridized carbons (Fsp3) is 0.529. The number of amides is 1. The minimum absolute atomic E-state index is 0.0432. The van der Waals surface area contributed by atoms with Crippen molar-refractivity contribution in [2.45, 2.75) is 44.7 Å². The zero-order valence-electron chi connectivity index (χ0n) is 13.8. The predicted octanol–water partition coefficient (Wildman–Crippen LogP) is 3.15. The summed E-state index contributed by atoms with van der Waals surface area (Å²) in [5.41, 5.74) is 0.818. The SMILES string of the molecule is CCN(CC(=O)O)C1CC(NC(=O)C(C)c2ccc(Cl)c(Cl)c2)C1. The molecule has 24 heavy (non-hydrogen) atoms. The van der Waals surface area contributed by atoms with Crippen LogP contribution in [0, 0.1) is 0 Å². The fourth-order valence-electron chi connectivity index (χ4n) is 2.94. The predicted molar refractivity (Wildman–Crippen MR) is 94.7 cm³/mol. The van der Waals surface area contributed by atoms with Crippen molar-refractivity contribution < 1.29 is 14.7 Å². The highest BCUT2D eigenvalue weighted by molar-refractivity contribution is 6.42. The van der Waals surface area contributed by atoms with E-state index in [0.717, 1.165) is 18.4 Å². The quantitative estimate of drug-likeness (QED) is 0.771. The number of nitrogens with one attached hydrogen (secondary N) is 1. The lowest BCUT2D eigenvalue weighted by atomic mass is 9.84. The van der Waals surface area contributed by atoms with E-state index in [1.807, 2.05) is 18.7 Å². The first-order valence-corrected chi connectivity index (χ1v) is 8.78. The molecule has 1 atom stereocenters. The molecule has 0 spiro atoms. The number of likely N-dealkylation sites (N-methyl/N-ethyl adjacent to an activating group) is 1. The van der Waals surface area contributed by atoms with Crippen LogP contribution in [0.25, 0.3) is 0 Å². The monoisotopic (exact) mass is 372 g/mol. The Labute approximate surface area is 151 Å². The Balaban J connectivity index is 1.85. The number of hydrogen-bond donors (Lipinski definition) is 2. The molecular formula is C17H22Cl2N2O3. The zero-order valence-corrected chi connectivity index (χ0v) is 15.3. The molecule has 0 radical (unpaired) electrons. The van der Waals surface area contributed by atoms with Gasteiger partial charge in [0, 0.05) is 12.1 Å². The van der Waals surface area contributed by atoms with Gasteiger partial charge in [-0.15, -0.1) is 0 Å². The van der Waals surface area contributed by atoms with Crippen LogP contribution in [0.2, 0.25) is 10.0 Å². The molecule has 1 aromatic rings. The molecule has 0 saturated heterocycles. The van der Waals surface area contributed by atoms with Gasteiger partial charge in [0.2, 0.25) is 5.91 Å². The smallest absolute Gasteiger partial charge is 0.317 e. The van der Waals surface area contributed by atoms with Gasteiger partial charge in [0.05, 0.1) is 22.5 Å². The molecule has 0 aromatic heterocycles. The molecule has 7 heteroatoms. The number of carboxylic acid groups (broad SMARTS) is 1. The van der Waals surface area contributed by atoms with Crippen LogP contribution >= 0.6 is 23.2 Å². The van der Waals surface area contributed by atoms with Gasteiger partial charge in [0.1, 0.15) is 0 Å². The first kappa shape index (κ1) is 19.0. The standard InChI is InChI=1S/C17H22Cl2N2O3/c1-3-21(9-16(22)23)13-7-12(8-13)20-17(24)10(2)11-4-5-14(18)15(19)6-11/h4-6,10,12-13H,3,7-9H2,1-2H3,(H,20,24)(H,22,23). The number of aliphatic carboxylic acids is 1. The van der Waals surface area contributed by atoms with E-state index in [-0.39, 0.29) is 30.5 Å². The van der Waals surface area contributed by atoms with Crippen molar-refractivity contribution in [2.24, 2.45) is 0 Å². The van der Waals surface area contributed by atoms with Gasteiger partial charge < -0.3 is 10.4 Å². The largest absolute Gasteiger partial charge is 0.480 e. The summed E-state index contributed by atoms with van der Waals surface area (Å²) in [5.74, 6) is -1.20. The Morgan fingerprint density at radius 1 is 1.33 bits per heavy atom. The van der Waals surface area contributed by atoms with Crippen LogP contribution in [0.1, 0.15) is 38.2 Å². The summed E-state index contributed by atoms with van der Waals surface area (Å²) in [7, 11) is 0. The summed E-state index contributed by atoms with van der Waals surface area (Å²) < 4.78 is 0. The van der Waals surface area contributed by atoms with Crippen LogP contribution in [-0.4, -0.2) is 47.1 Å². The molecule has 132 valence electrons. The van der Waals surface area contributed by atoms with Crippen molar-refractivity contribution >= 4 is 35.1 Å². The summed E-state index contributed by atoms with van der Waals surface area (Å²) in [4.78, 5) is 25.1. The molecule has 1 saturated carbocycles. The van der Waals surface area contributed by atoms with Crippen molar-refractivity contribution in [3.63, 3.8) is 0 Å². The molecule has 5 nitrogen and oxygen atoms in total. The van der Waals surface area contributed by atoms with Gasteiger partial charge in [-0.3, -0.25) is 14.5 Å². The number of rotatable bonds is 7. The van der Waals surface area contributed by atoms with Gasteiger partial charge in [-0.05, 0) is 44.0 Å². The zero-order chi connectivity index (χ0) is 17.9. The van der Waals surface area contributed by atoms with Gasteiger partial charge in [-0.2, -0.15) is 0 Å². The van der Waals surface area contributed by atoms with E-state index in [0.29, 0.717) is 16.6 Å². The van der Waals surface area contributed by atoms with E-state index >= 15 is 0 Å². The van der Waals surface area contributed by atoms with E-state index in [4.69, 9.17) is 28.3 Å². The highest BCUT2D eigenvalue weighted by atomic mass is 35.5. The fourth-order valence-corrected chi connectivity index (χ4v) is 3.24. The summed E-state index contributed by atoms with van der Waals surface area (Å²) in [6, 6.07) is 5.51. The van der Waals surface area contributed by atoms with Crippen LogP contribution in [0.4, 0.5) is 0 Å². The van der Waals surface area contributed by atoms with Gasteiger partial charge in [-0.1, -0.05) is 36.2 Å². The number of halogens is 2. The Morgan fingerprint density at radius 2 is 2.00 bits per heavy atom. The lowest BCUT2D eigenvalue weighted by Crippen LogP contribution is -2.55. The number of carbonyl (C=O) groups is 2. The van der Waals surface area contributed by atoms with Crippen LogP contribution in [0.3, 0.4) is 0 Å². The maximum absolute atomic E-state index is 12.4. The van der Waals surface area contributed by atoms with Crippen molar-refractivity contribution in [3.05, 3.63) is 33.8 Å². The number of nitrogens with zero attached hydrogens (tertiary/aromatic N) is 1. The van der Waals surface area contributed by atoms with Crippen molar-refractivity contribution in [2.75, 3.05) is 13.1 Å². The maximum Gasteiger partial charge on any atom is 0.317 e. The van der Waals surface area contributed by atoms with E-state index < -0.39 is 5.97 Å². The Bertz CT molecular complexity index is 618. The van der Waals surface area contributed by atoms with Crippen LogP contribution < -0.4 is 5.32 Å². The molecule has 0 bridgehead atoms. The molecule has 1 aromatic carbocycles. The Morgan fingerprint density at radius 3 is 2.54 bits per heavy atom. The molecule has 0 heterocycles. The topological polar surface area (TPSA) is 69.6 Å². The van der Waals surface area contributed by atoms with Crippen LogP contribution in [0.15, 0.2) is 18.2 Å². The van der Waals surface area contributed by atoms with Crippen LogP contribution in [-0.2, 0) is 9.59 Å². The second-order valence-electron chi connectivity index (χ2n) is 6.18. The number of hydrogen-bond acceptors (Lipinski definition) is 3. The maximum atomic E-state index is 12.4. The van der Waals surface area contributed by atoms with E-state index in [2.05, 4.69) is 5.32 Å². The van der Waals surface area contributed by atoms with Crippen molar-refractivity contribution in [3.8, 4) is 0 Å². The third kappa shape index (κ3) is 4.62. The summed E-state index contributed by atoms with van der Waals surface area (Å²) in [6.45, 7) is 4.51. The average Bonchev–Trinajstić information content (AvgIpc) is 2.50. The minimum atomic E-state index is -0.822. The second-order valence-corrected chi connectivity index (χ2v) is 7.00. The Kier molecular flexibility index (Phi) is 6.49. The molecule has 1 unspecified atom stereocenters. The lowest BCUT2D eigenvalue weighted by molar-refractivity contribution is -0.139. The number of carbonyl (C=O) groups excluding carboxylic acids is 1. The normalized spacial score (nSPS) is 21.2. The Hall–Kier alpha value is -1.30. The molecule has 1 aliphatic carbocycles. The minimum Gasteiger partial charge on any atom is -0.480 e. The van der Waals surface area contributed by atoms with Crippen molar-refractivity contribution in [1.29, 1.82) is 0 Å². The highest BCUT2D eigenvalue weighted by Gasteiger charge is 2.35. The van der Waals surface area contributed by atoms with Gasteiger partial charge in [0.25, 0.3) is 0 Å². The molecule has 1 amide bonds. The first-order chi connectivity index (χ1) is 11.3. The number of carboxylic acids is 1. The molecule has 1 aliphatic rings. The van der Waals surface area contributed by atoms with Gasteiger partial charge in [-0.25, -0.2) is 0 Å². The third-order valence-electron chi connectivity index (χ3n) is 4.56. The first-order valence-electron chi connectivity index (χ1n) is 8.03. The summed E-state index contributed by atoms with van der Waals surface area (Å²) in [5, 5.41) is 12.8. The molecule has 2 rings (SSSR count). The summed E-state index contributed by atoms with van der Waals surface area (Å²) >= 11 is 11.9. The molecule has 2 N–H and O–H groups in total. The van der Waals surface area contributed by atoms with Gasteiger partial charge >= 0.3 is 5.97 Å². The molecule has 1 fully saturated rings. The lowest BCUT2D eigenvalue weighted by Gasteiger charge is -2.42. The highest BCUT2D eigenvalue weighted by Crippen LogP contribution is 2.29.